The first-order valence-corrected chi connectivity index (χ1v) is 5.21. The van der Waals surface area contributed by atoms with E-state index in [0.717, 1.165) is 28.6 Å². The molecule has 2 rings (SSSR count). The summed E-state index contributed by atoms with van der Waals surface area (Å²) >= 11 is 6.07. The zero-order valence-electron chi connectivity index (χ0n) is 8.47. The number of benzene rings is 1. The third-order valence-corrected chi connectivity index (χ3v) is 2.98. The second-order valence-corrected chi connectivity index (χ2v) is 3.97. The largest absolute Gasteiger partial charge is 0.506 e. The van der Waals surface area contributed by atoms with E-state index in [1.165, 1.54) is 0 Å². The lowest BCUT2D eigenvalue weighted by Gasteiger charge is -2.02. The lowest BCUT2D eigenvalue weighted by Crippen LogP contribution is -2.03. The van der Waals surface area contributed by atoms with E-state index in [4.69, 9.17) is 17.3 Å². The van der Waals surface area contributed by atoms with Gasteiger partial charge in [0, 0.05) is 16.6 Å². The zero-order valence-corrected chi connectivity index (χ0v) is 9.23. The molecule has 0 saturated carbocycles. The summed E-state index contributed by atoms with van der Waals surface area (Å²) in [5.41, 5.74) is 8.64. The van der Waals surface area contributed by atoms with Crippen LogP contribution >= 0.6 is 11.6 Å². The summed E-state index contributed by atoms with van der Waals surface area (Å²) in [5.74, 6) is 0.112. The molecule has 0 atom stereocenters. The number of aryl methyl sites for hydroxylation is 1. The van der Waals surface area contributed by atoms with Gasteiger partial charge in [-0.3, -0.25) is 0 Å². The van der Waals surface area contributed by atoms with Crippen LogP contribution in [0.25, 0.3) is 10.9 Å². The van der Waals surface area contributed by atoms with Crippen molar-refractivity contribution in [1.29, 1.82) is 0 Å². The molecule has 1 aromatic heterocycles. The molecule has 4 heteroatoms. The summed E-state index contributed by atoms with van der Waals surface area (Å²) in [7, 11) is 0. The molecule has 0 saturated heterocycles. The van der Waals surface area contributed by atoms with Crippen LogP contribution in [-0.4, -0.2) is 16.6 Å². The normalized spacial score (nSPS) is 11.1. The summed E-state index contributed by atoms with van der Waals surface area (Å²) in [6.45, 7) is 2.55. The van der Waals surface area contributed by atoms with Crippen molar-refractivity contribution in [3.63, 3.8) is 0 Å². The van der Waals surface area contributed by atoms with Gasteiger partial charge in [-0.2, -0.15) is 0 Å². The van der Waals surface area contributed by atoms with Crippen LogP contribution in [0, 0.1) is 6.92 Å². The van der Waals surface area contributed by atoms with Gasteiger partial charge in [-0.1, -0.05) is 11.6 Å². The van der Waals surface area contributed by atoms with Crippen molar-refractivity contribution in [3.8, 4) is 5.75 Å². The number of phenols is 1. The predicted octanol–water partition coefficient (Wildman–Crippen LogP) is 2.34. The van der Waals surface area contributed by atoms with Crippen LogP contribution in [0.5, 0.6) is 5.75 Å². The van der Waals surface area contributed by atoms with Crippen LogP contribution in [-0.2, 0) is 6.42 Å². The zero-order chi connectivity index (χ0) is 11.0. The Morgan fingerprint density at radius 2 is 2.20 bits per heavy atom. The Kier molecular flexibility index (Phi) is 2.59. The summed E-state index contributed by atoms with van der Waals surface area (Å²) in [6.07, 6.45) is 0.759. The smallest absolute Gasteiger partial charge is 0.134 e. The maximum atomic E-state index is 9.54. The predicted molar refractivity (Wildman–Crippen MR) is 62.5 cm³/mol. The Labute approximate surface area is 92.9 Å². The SMILES string of the molecule is Cc1[nH]c2ccc(O)c(Cl)c2c1CCN. The fourth-order valence-electron chi connectivity index (χ4n) is 1.89. The Bertz CT molecular complexity index is 505. The minimum atomic E-state index is 0.112. The first-order valence-electron chi connectivity index (χ1n) is 4.84. The minimum absolute atomic E-state index is 0.112. The molecule has 1 aromatic carbocycles. The lowest BCUT2D eigenvalue weighted by atomic mass is 10.1. The second kappa shape index (κ2) is 3.76. The van der Waals surface area contributed by atoms with Gasteiger partial charge in [0.05, 0.1) is 5.02 Å². The fraction of sp³-hybridized carbons (Fsp3) is 0.273. The van der Waals surface area contributed by atoms with Crippen molar-refractivity contribution in [2.75, 3.05) is 6.54 Å². The van der Waals surface area contributed by atoms with Gasteiger partial charge >= 0.3 is 0 Å². The molecule has 80 valence electrons. The Hall–Kier alpha value is -1.19. The monoisotopic (exact) mass is 224 g/mol. The molecule has 0 bridgehead atoms. The highest BCUT2D eigenvalue weighted by Gasteiger charge is 2.13. The van der Waals surface area contributed by atoms with E-state index >= 15 is 0 Å². The van der Waals surface area contributed by atoms with Gasteiger partial charge in [-0.15, -0.1) is 0 Å². The van der Waals surface area contributed by atoms with Gasteiger partial charge in [-0.25, -0.2) is 0 Å². The highest BCUT2D eigenvalue weighted by molar-refractivity contribution is 6.37. The van der Waals surface area contributed by atoms with Crippen LogP contribution in [0.15, 0.2) is 12.1 Å². The molecule has 3 nitrogen and oxygen atoms in total. The van der Waals surface area contributed by atoms with Crippen LogP contribution in [0.3, 0.4) is 0 Å². The molecule has 15 heavy (non-hydrogen) atoms. The second-order valence-electron chi connectivity index (χ2n) is 3.59. The third kappa shape index (κ3) is 1.58. The van der Waals surface area contributed by atoms with Crippen molar-refractivity contribution >= 4 is 22.5 Å². The molecule has 0 aliphatic rings. The number of fused-ring (bicyclic) bond motifs is 1. The van der Waals surface area contributed by atoms with Crippen LogP contribution in [0.1, 0.15) is 11.3 Å². The van der Waals surface area contributed by atoms with Crippen LogP contribution < -0.4 is 5.73 Å². The van der Waals surface area contributed by atoms with Crippen LogP contribution in [0.4, 0.5) is 0 Å². The average Bonchev–Trinajstić information content (AvgIpc) is 2.51. The average molecular weight is 225 g/mol. The fourth-order valence-corrected chi connectivity index (χ4v) is 2.16. The number of halogens is 1. The number of rotatable bonds is 2. The number of hydrogen-bond donors (Lipinski definition) is 3. The van der Waals surface area contributed by atoms with Gasteiger partial charge in [0.2, 0.25) is 0 Å². The molecule has 0 spiro atoms. The van der Waals surface area contributed by atoms with E-state index in [1.807, 2.05) is 13.0 Å². The topological polar surface area (TPSA) is 62.0 Å². The molecule has 0 aliphatic heterocycles. The minimum Gasteiger partial charge on any atom is -0.506 e. The highest BCUT2D eigenvalue weighted by atomic mass is 35.5. The Balaban J connectivity index is 2.77. The summed E-state index contributed by atoms with van der Waals surface area (Å²) < 4.78 is 0. The molecule has 0 amide bonds. The summed E-state index contributed by atoms with van der Waals surface area (Å²) in [5, 5.41) is 10.8. The van der Waals surface area contributed by atoms with Gasteiger partial charge in [-0.05, 0) is 37.6 Å². The number of nitrogens with one attached hydrogen (secondary N) is 1. The van der Waals surface area contributed by atoms with Gasteiger partial charge < -0.3 is 15.8 Å². The molecule has 0 aliphatic carbocycles. The van der Waals surface area contributed by atoms with Crippen molar-refractivity contribution in [3.05, 3.63) is 28.4 Å². The van der Waals surface area contributed by atoms with Crippen molar-refractivity contribution in [2.24, 2.45) is 5.73 Å². The number of nitrogens with two attached hydrogens (primary N) is 1. The Morgan fingerprint density at radius 3 is 2.87 bits per heavy atom. The first-order chi connectivity index (χ1) is 7.15. The molecule has 4 N–H and O–H groups in total. The number of H-pyrrole nitrogens is 1. The van der Waals surface area contributed by atoms with Gasteiger partial charge in [0.15, 0.2) is 0 Å². The van der Waals surface area contributed by atoms with Crippen molar-refractivity contribution < 1.29 is 5.11 Å². The third-order valence-electron chi connectivity index (χ3n) is 2.59. The number of aromatic nitrogens is 1. The van der Waals surface area contributed by atoms with E-state index in [0.29, 0.717) is 11.6 Å². The number of aromatic amines is 1. The molecule has 1 heterocycles. The van der Waals surface area contributed by atoms with E-state index in [2.05, 4.69) is 4.98 Å². The van der Waals surface area contributed by atoms with Crippen molar-refractivity contribution in [1.82, 2.24) is 4.98 Å². The van der Waals surface area contributed by atoms with Crippen molar-refractivity contribution in [2.45, 2.75) is 13.3 Å². The maximum absolute atomic E-state index is 9.54. The molecule has 0 fully saturated rings. The van der Waals surface area contributed by atoms with Crippen LogP contribution in [0.2, 0.25) is 5.02 Å². The summed E-state index contributed by atoms with van der Waals surface area (Å²) in [4.78, 5) is 3.23. The number of hydrogen-bond acceptors (Lipinski definition) is 2. The molecule has 0 unspecified atom stereocenters. The highest BCUT2D eigenvalue weighted by Crippen LogP contribution is 2.35. The number of phenolic OH excluding ortho intramolecular Hbond substituents is 1. The first kappa shape index (κ1) is 10.3. The quantitative estimate of drug-likeness (QED) is 0.733. The standard InChI is InChI=1S/C11H13ClN2O/c1-6-7(4-5-13)10-8(14-6)2-3-9(15)11(10)12/h2-3,14-15H,4-5,13H2,1H3. The van der Waals surface area contributed by atoms with Gasteiger partial charge in [0.25, 0.3) is 0 Å². The lowest BCUT2D eigenvalue weighted by molar-refractivity contribution is 0.476. The summed E-state index contributed by atoms with van der Waals surface area (Å²) in [6, 6.07) is 3.41. The van der Waals surface area contributed by atoms with Gasteiger partial charge in [0.1, 0.15) is 5.75 Å². The van der Waals surface area contributed by atoms with E-state index in [1.54, 1.807) is 6.07 Å². The van der Waals surface area contributed by atoms with E-state index < -0.39 is 0 Å². The molecule has 0 radical (unpaired) electrons. The maximum Gasteiger partial charge on any atom is 0.134 e. The molecular formula is C11H13ClN2O. The number of aromatic hydroxyl groups is 1. The van der Waals surface area contributed by atoms with E-state index in [-0.39, 0.29) is 5.75 Å². The van der Waals surface area contributed by atoms with E-state index in [9.17, 15) is 5.11 Å². The molecular weight excluding hydrogens is 212 g/mol. The Morgan fingerprint density at radius 1 is 1.47 bits per heavy atom. The molecule has 2 aromatic rings.